The number of hydrogen-bond acceptors (Lipinski definition) is 0. The Morgan fingerprint density at radius 1 is 1.10 bits per heavy atom. The van der Waals surface area contributed by atoms with E-state index in [-0.39, 0.29) is 0 Å². The van der Waals surface area contributed by atoms with Crippen molar-refractivity contribution in [3.8, 4) is 0 Å². The molecule has 0 bridgehead atoms. The third kappa shape index (κ3) is 1.74. The van der Waals surface area contributed by atoms with Crippen LogP contribution >= 0.6 is 0 Å². The summed E-state index contributed by atoms with van der Waals surface area (Å²) in [5, 5.41) is 0. The van der Waals surface area contributed by atoms with E-state index in [9.17, 15) is 0 Å². The fourth-order valence-electron chi connectivity index (χ4n) is 2.03. The minimum absolute atomic E-state index is 0.985. The summed E-state index contributed by atoms with van der Waals surface area (Å²) in [6.07, 6.45) is 5.84. The summed E-state index contributed by atoms with van der Waals surface area (Å²) in [7, 11) is 0. The minimum Gasteiger partial charge on any atom is -0.0651 e. The van der Waals surface area contributed by atoms with Gasteiger partial charge in [-0.3, -0.25) is 0 Å². The van der Waals surface area contributed by atoms with E-state index in [1.165, 1.54) is 25.7 Å². The highest BCUT2D eigenvalue weighted by Crippen LogP contribution is 2.34. The Morgan fingerprint density at radius 3 is 2.30 bits per heavy atom. The zero-order chi connectivity index (χ0) is 7.56. The predicted molar refractivity (Wildman–Crippen MR) is 46.0 cm³/mol. The van der Waals surface area contributed by atoms with Crippen molar-refractivity contribution in [2.24, 2.45) is 17.8 Å². The van der Waals surface area contributed by atoms with Crippen molar-refractivity contribution in [3.05, 3.63) is 0 Å². The van der Waals surface area contributed by atoms with E-state index in [1.54, 1.807) is 0 Å². The van der Waals surface area contributed by atoms with Gasteiger partial charge in [-0.2, -0.15) is 0 Å². The molecule has 0 heteroatoms. The van der Waals surface area contributed by atoms with Crippen LogP contribution in [0.4, 0.5) is 0 Å². The molecule has 0 aliphatic heterocycles. The molecule has 0 nitrogen and oxygen atoms in total. The molecule has 3 atom stereocenters. The Labute approximate surface area is 65.0 Å². The number of rotatable bonds is 1. The minimum atomic E-state index is 0.985. The maximum absolute atomic E-state index is 2.41. The third-order valence-electron chi connectivity index (χ3n) is 3.28. The predicted octanol–water partition coefficient (Wildman–Crippen LogP) is 3.47. The molecule has 1 rings (SSSR count). The van der Waals surface area contributed by atoms with E-state index in [0.29, 0.717) is 0 Å². The maximum atomic E-state index is 2.41. The normalized spacial score (nSPS) is 41.7. The van der Waals surface area contributed by atoms with E-state index in [4.69, 9.17) is 0 Å². The van der Waals surface area contributed by atoms with Crippen LogP contribution in [0.3, 0.4) is 0 Å². The third-order valence-corrected chi connectivity index (χ3v) is 3.28. The summed E-state index contributed by atoms with van der Waals surface area (Å²) in [4.78, 5) is 0. The van der Waals surface area contributed by atoms with Crippen LogP contribution in [0.25, 0.3) is 0 Å². The SMILES string of the molecule is CCC1CC[C@H](C)C(C)C1. The molecule has 0 radical (unpaired) electrons. The van der Waals surface area contributed by atoms with E-state index in [0.717, 1.165) is 17.8 Å². The molecule has 2 unspecified atom stereocenters. The molecule has 1 aliphatic carbocycles. The highest BCUT2D eigenvalue weighted by atomic mass is 14.3. The molecule has 0 spiro atoms. The Hall–Kier alpha value is 0. The number of hydrogen-bond donors (Lipinski definition) is 0. The van der Waals surface area contributed by atoms with Crippen LogP contribution in [0.1, 0.15) is 46.5 Å². The van der Waals surface area contributed by atoms with Crippen LogP contribution in [-0.4, -0.2) is 0 Å². The van der Waals surface area contributed by atoms with Gasteiger partial charge in [0.25, 0.3) is 0 Å². The van der Waals surface area contributed by atoms with Crippen LogP contribution in [-0.2, 0) is 0 Å². The summed E-state index contributed by atoms with van der Waals surface area (Å²) >= 11 is 0. The average molecular weight is 140 g/mol. The second-order valence-corrected chi connectivity index (χ2v) is 4.04. The Balaban J connectivity index is 2.33. The first-order valence-corrected chi connectivity index (χ1v) is 4.74. The highest BCUT2D eigenvalue weighted by molar-refractivity contribution is 4.74. The lowest BCUT2D eigenvalue weighted by atomic mass is 9.75. The van der Waals surface area contributed by atoms with Gasteiger partial charge in [0.15, 0.2) is 0 Å². The van der Waals surface area contributed by atoms with Gasteiger partial charge >= 0.3 is 0 Å². The molecular weight excluding hydrogens is 120 g/mol. The van der Waals surface area contributed by atoms with E-state index in [1.807, 2.05) is 0 Å². The van der Waals surface area contributed by atoms with Crippen molar-refractivity contribution in [1.29, 1.82) is 0 Å². The zero-order valence-electron chi connectivity index (χ0n) is 7.56. The molecular formula is C10H20. The molecule has 10 heavy (non-hydrogen) atoms. The maximum Gasteiger partial charge on any atom is -0.0414 e. The summed E-state index contributed by atoms with van der Waals surface area (Å²) in [6.45, 7) is 7.14. The van der Waals surface area contributed by atoms with Gasteiger partial charge in [0.05, 0.1) is 0 Å². The van der Waals surface area contributed by atoms with Crippen molar-refractivity contribution >= 4 is 0 Å². The van der Waals surface area contributed by atoms with E-state index >= 15 is 0 Å². The van der Waals surface area contributed by atoms with E-state index < -0.39 is 0 Å². The molecule has 0 aromatic rings. The lowest BCUT2D eigenvalue weighted by Gasteiger charge is -2.31. The smallest absolute Gasteiger partial charge is 0.0414 e. The van der Waals surface area contributed by atoms with Gasteiger partial charge in [-0.25, -0.2) is 0 Å². The largest absolute Gasteiger partial charge is 0.0651 e. The Morgan fingerprint density at radius 2 is 1.80 bits per heavy atom. The second kappa shape index (κ2) is 3.41. The molecule has 0 heterocycles. The van der Waals surface area contributed by atoms with Gasteiger partial charge in [-0.1, -0.05) is 40.0 Å². The summed E-state index contributed by atoms with van der Waals surface area (Å²) in [5.74, 6) is 3.02. The van der Waals surface area contributed by atoms with Crippen molar-refractivity contribution in [3.63, 3.8) is 0 Å². The van der Waals surface area contributed by atoms with Crippen molar-refractivity contribution < 1.29 is 0 Å². The van der Waals surface area contributed by atoms with Gasteiger partial charge in [-0.15, -0.1) is 0 Å². The molecule has 0 aromatic heterocycles. The quantitative estimate of drug-likeness (QED) is 0.523. The van der Waals surface area contributed by atoms with Crippen molar-refractivity contribution in [1.82, 2.24) is 0 Å². The highest BCUT2D eigenvalue weighted by Gasteiger charge is 2.22. The first-order valence-electron chi connectivity index (χ1n) is 4.74. The van der Waals surface area contributed by atoms with Gasteiger partial charge in [0.1, 0.15) is 0 Å². The summed E-state index contributed by atoms with van der Waals surface area (Å²) < 4.78 is 0. The fraction of sp³-hybridized carbons (Fsp3) is 1.00. The summed E-state index contributed by atoms with van der Waals surface area (Å²) in [5.41, 5.74) is 0. The second-order valence-electron chi connectivity index (χ2n) is 4.04. The van der Waals surface area contributed by atoms with Crippen molar-refractivity contribution in [2.75, 3.05) is 0 Å². The molecule has 1 saturated carbocycles. The molecule has 1 aliphatic rings. The molecule has 0 amide bonds. The van der Waals surface area contributed by atoms with Crippen LogP contribution < -0.4 is 0 Å². The van der Waals surface area contributed by atoms with Gasteiger partial charge in [0.2, 0.25) is 0 Å². The average Bonchev–Trinajstić information content (AvgIpc) is 1.95. The van der Waals surface area contributed by atoms with Gasteiger partial charge in [-0.05, 0) is 24.2 Å². The topological polar surface area (TPSA) is 0 Å². The Kier molecular flexibility index (Phi) is 2.76. The van der Waals surface area contributed by atoms with Crippen molar-refractivity contribution in [2.45, 2.75) is 46.5 Å². The van der Waals surface area contributed by atoms with Crippen LogP contribution in [0.2, 0.25) is 0 Å². The fourth-order valence-corrected chi connectivity index (χ4v) is 2.03. The van der Waals surface area contributed by atoms with Crippen LogP contribution in [0, 0.1) is 17.8 Å². The summed E-state index contributed by atoms with van der Waals surface area (Å²) in [6, 6.07) is 0. The van der Waals surface area contributed by atoms with Gasteiger partial charge < -0.3 is 0 Å². The lowest BCUT2D eigenvalue weighted by molar-refractivity contribution is 0.204. The molecule has 60 valence electrons. The molecule has 0 N–H and O–H groups in total. The first kappa shape index (κ1) is 8.10. The monoisotopic (exact) mass is 140 g/mol. The standard InChI is InChI=1S/C10H20/c1-4-10-6-5-8(2)9(3)7-10/h8-10H,4-7H2,1-3H3/t8-,9?,10?/m0/s1. The van der Waals surface area contributed by atoms with Crippen LogP contribution in [0.5, 0.6) is 0 Å². The van der Waals surface area contributed by atoms with Crippen LogP contribution in [0.15, 0.2) is 0 Å². The first-order chi connectivity index (χ1) is 4.74. The molecule has 0 saturated heterocycles. The lowest BCUT2D eigenvalue weighted by Crippen LogP contribution is -2.19. The van der Waals surface area contributed by atoms with Gasteiger partial charge in [0, 0.05) is 0 Å². The molecule has 1 fully saturated rings. The Bertz CT molecular complexity index is 96.2. The molecule has 0 aromatic carbocycles. The van der Waals surface area contributed by atoms with E-state index in [2.05, 4.69) is 20.8 Å². The zero-order valence-corrected chi connectivity index (χ0v) is 7.56.